The number of halogens is 3. The van der Waals surface area contributed by atoms with E-state index in [4.69, 9.17) is 16.3 Å². The first-order chi connectivity index (χ1) is 8.77. The standard InChI is InChI=1S/C12H15ClF2O3S/c1-8(2)19(16,17)4-3-18-12-10(14)5-9(7-13)6-11(12)15/h5-6,8H,3-4,7H2,1-2H3. The highest BCUT2D eigenvalue weighted by molar-refractivity contribution is 7.91. The van der Waals surface area contributed by atoms with Crippen LogP contribution < -0.4 is 4.74 Å². The molecule has 0 N–H and O–H groups in total. The topological polar surface area (TPSA) is 43.4 Å². The molecule has 0 radical (unpaired) electrons. The molecule has 19 heavy (non-hydrogen) atoms. The molecule has 0 saturated heterocycles. The number of rotatable bonds is 6. The molecule has 3 nitrogen and oxygen atoms in total. The highest BCUT2D eigenvalue weighted by Gasteiger charge is 2.18. The molecule has 0 spiro atoms. The lowest BCUT2D eigenvalue weighted by Gasteiger charge is -2.11. The van der Waals surface area contributed by atoms with Crippen LogP contribution in [0.2, 0.25) is 0 Å². The number of benzene rings is 1. The van der Waals surface area contributed by atoms with Gasteiger partial charge < -0.3 is 4.74 Å². The minimum atomic E-state index is -3.30. The van der Waals surface area contributed by atoms with Gasteiger partial charge in [-0.15, -0.1) is 11.6 Å². The maximum absolute atomic E-state index is 13.5. The third-order valence-electron chi connectivity index (χ3n) is 2.54. The van der Waals surface area contributed by atoms with Crippen molar-refractivity contribution in [1.29, 1.82) is 0 Å². The molecule has 0 unspecified atom stereocenters. The highest BCUT2D eigenvalue weighted by atomic mass is 35.5. The Morgan fingerprint density at radius 2 is 1.79 bits per heavy atom. The maximum atomic E-state index is 13.5. The van der Waals surface area contributed by atoms with Gasteiger partial charge in [0.2, 0.25) is 0 Å². The fourth-order valence-electron chi connectivity index (χ4n) is 1.32. The number of hydrogen-bond acceptors (Lipinski definition) is 3. The van der Waals surface area contributed by atoms with Crippen molar-refractivity contribution in [2.45, 2.75) is 25.0 Å². The lowest BCUT2D eigenvalue weighted by Crippen LogP contribution is -2.22. The molecule has 7 heteroatoms. The van der Waals surface area contributed by atoms with Crippen LogP contribution in [0.1, 0.15) is 19.4 Å². The molecule has 0 aromatic heterocycles. The van der Waals surface area contributed by atoms with Crippen LogP contribution in [0, 0.1) is 11.6 Å². The summed E-state index contributed by atoms with van der Waals surface area (Å²) in [5, 5.41) is -0.551. The Balaban J connectivity index is 2.74. The largest absolute Gasteiger partial charge is 0.487 e. The molecule has 0 aliphatic heterocycles. The summed E-state index contributed by atoms with van der Waals surface area (Å²) >= 11 is 5.47. The van der Waals surface area contributed by atoms with Gasteiger partial charge >= 0.3 is 0 Å². The smallest absolute Gasteiger partial charge is 0.190 e. The van der Waals surface area contributed by atoms with Gasteiger partial charge in [-0.1, -0.05) is 0 Å². The van der Waals surface area contributed by atoms with Gasteiger partial charge in [0.15, 0.2) is 27.2 Å². The molecule has 0 heterocycles. The number of sulfone groups is 1. The van der Waals surface area contributed by atoms with Crippen molar-refractivity contribution < 1.29 is 21.9 Å². The quantitative estimate of drug-likeness (QED) is 0.759. The van der Waals surface area contributed by atoms with E-state index in [2.05, 4.69) is 0 Å². The summed E-state index contributed by atoms with van der Waals surface area (Å²) < 4.78 is 54.9. The molecule has 0 fully saturated rings. The Bertz CT molecular complexity index is 521. The summed E-state index contributed by atoms with van der Waals surface area (Å²) in [5.74, 6) is -2.67. The number of alkyl halides is 1. The molecule has 1 rings (SSSR count). The summed E-state index contributed by atoms with van der Waals surface area (Å²) in [7, 11) is -3.30. The van der Waals surface area contributed by atoms with Crippen LogP contribution in [0.4, 0.5) is 8.78 Å². The van der Waals surface area contributed by atoms with E-state index in [1.807, 2.05) is 0 Å². The van der Waals surface area contributed by atoms with Gasteiger partial charge in [0.25, 0.3) is 0 Å². The first-order valence-electron chi connectivity index (χ1n) is 5.66. The van der Waals surface area contributed by atoms with Gasteiger partial charge in [-0.3, -0.25) is 0 Å². The summed E-state index contributed by atoms with van der Waals surface area (Å²) in [6, 6.07) is 2.12. The minimum absolute atomic E-state index is 0.0180. The van der Waals surface area contributed by atoms with E-state index in [9.17, 15) is 17.2 Å². The van der Waals surface area contributed by atoms with Gasteiger partial charge in [0.1, 0.15) is 6.61 Å². The van der Waals surface area contributed by atoms with Crippen molar-refractivity contribution in [3.05, 3.63) is 29.3 Å². The number of ether oxygens (including phenoxy) is 1. The first-order valence-corrected chi connectivity index (χ1v) is 7.91. The van der Waals surface area contributed by atoms with Crippen molar-refractivity contribution in [2.24, 2.45) is 0 Å². The summed E-state index contributed by atoms with van der Waals surface area (Å²) in [6.45, 7) is 2.77. The molecular formula is C12H15ClF2O3S. The monoisotopic (exact) mass is 312 g/mol. The molecule has 0 amide bonds. The van der Waals surface area contributed by atoms with Crippen LogP contribution in [0.25, 0.3) is 0 Å². The van der Waals surface area contributed by atoms with Gasteiger partial charge in [0, 0.05) is 5.88 Å². The van der Waals surface area contributed by atoms with E-state index in [0.29, 0.717) is 5.56 Å². The van der Waals surface area contributed by atoms with E-state index in [1.165, 1.54) is 13.8 Å². The molecule has 0 saturated carbocycles. The third kappa shape index (κ3) is 4.31. The molecule has 0 bridgehead atoms. The molecule has 1 aromatic rings. The zero-order chi connectivity index (χ0) is 14.6. The Labute approximate surface area is 116 Å². The lowest BCUT2D eigenvalue weighted by molar-refractivity contribution is 0.303. The van der Waals surface area contributed by atoms with Crippen LogP contribution in [0.3, 0.4) is 0 Å². The second kappa shape index (κ2) is 6.52. The SMILES string of the molecule is CC(C)S(=O)(=O)CCOc1c(F)cc(CCl)cc1F. The summed E-state index contributed by atoms with van der Waals surface area (Å²) in [5.41, 5.74) is 0.291. The Hall–Kier alpha value is -0.880. The Kier molecular flexibility index (Phi) is 5.55. The molecule has 0 aliphatic rings. The predicted octanol–water partition coefficient (Wildman–Crippen LogP) is 2.91. The molecule has 0 aliphatic carbocycles. The Morgan fingerprint density at radius 3 is 2.21 bits per heavy atom. The first kappa shape index (κ1) is 16.2. The second-order valence-corrected chi connectivity index (χ2v) is 7.23. The van der Waals surface area contributed by atoms with E-state index in [0.717, 1.165) is 12.1 Å². The molecular weight excluding hydrogens is 298 g/mol. The molecule has 1 aromatic carbocycles. The minimum Gasteiger partial charge on any atom is -0.487 e. The van der Waals surface area contributed by atoms with Gasteiger partial charge in [-0.2, -0.15) is 0 Å². The van der Waals surface area contributed by atoms with E-state index >= 15 is 0 Å². The summed E-state index contributed by atoms with van der Waals surface area (Å²) in [6.07, 6.45) is 0. The third-order valence-corrected chi connectivity index (χ3v) is 5.03. The van der Waals surface area contributed by atoms with Gasteiger partial charge in [-0.25, -0.2) is 17.2 Å². The van der Waals surface area contributed by atoms with E-state index < -0.39 is 32.5 Å². The summed E-state index contributed by atoms with van der Waals surface area (Å²) in [4.78, 5) is 0. The van der Waals surface area contributed by atoms with Crippen molar-refractivity contribution in [3.63, 3.8) is 0 Å². The van der Waals surface area contributed by atoms with Crippen molar-refractivity contribution in [2.75, 3.05) is 12.4 Å². The van der Waals surface area contributed by atoms with Crippen molar-refractivity contribution in [1.82, 2.24) is 0 Å². The average Bonchev–Trinajstić information content (AvgIpc) is 2.32. The average molecular weight is 313 g/mol. The van der Waals surface area contributed by atoms with Crippen LogP contribution in [-0.2, 0) is 15.7 Å². The van der Waals surface area contributed by atoms with Crippen LogP contribution in [0.5, 0.6) is 5.75 Å². The van der Waals surface area contributed by atoms with Gasteiger partial charge in [0.05, 0.1) is 11.0 Å². The zero-order valence-corrected chi connectivity index (χ0v) is 12.2. The fourth-order valence-corrected chi connectivity index (χ4v) is 2.26. The van der Waals surface area contributed by atoms with Crippen molar-refractivity contribution in [3.8, 4) is 5.75 Å². The highest BCUT2D eigenvalue weighted by Crippen LogP contribution is 2.24. The Morgan fingerprint density at radius 1 is 1.26 bits per heavy atom. The van der Waals surface area contributed by atoms with Crippen molar-refractivity contribution >= 4 is 21.4 Å². The van der Waals surface area contributed by atoms with Crippen LogP contribution in [0.15, 0.2) is 12.1 Å². The van der Waals surface area contributed by atoms with E-state index in [-0.39, 0.29) is 18.2 Å². The van der Waals surface area contributed by atoms with Crippen LogP contribution >= 0.6 is 11.6 Å². The molecule has 0 atom stereocenters. The zero-order valence-electron chi connectivity index (χ0n) is 10.6. The molecule has 108 valence electrons. The fraction of sp³-hybridized carbons (Fsp3) is 0.500. The lowest BCUT2D eigenvalue weighted by atomic mass is 10.2. The maximum Gasteiger partial charge on any atom is 0.190 e. The van der Waals surface area contributed by atoms with E-state index in [1.54, 1.807) is 0 Å². The number of hydrogen-bond donors (Lipinski definition) is 0. The second-order valence-electron chi connectivity index (χ2n) is 4.29. The predicted molar refractivity (Wildman–Crippen MR) is 70.3 cm³/mol. The normalized spacial score (nSPS) is 11.9. The van der Waals surface area contributed by atoms with Crippen LogP contribution in [-0.4, -0.2) is 26.0 Å². The van der Waals surface area contributed by atoms with Gasteiger partial charge in [-0.05, 0) is 31.5 Å².